The van der Waals surface area contributed by atoms with Crippen LogP contribution in [0.25, 0.3) is 0 Å². The second-order valence-electron chi connectivity index (χ2n) is 6.31. The van der Waals surface area contributed by atoms with Gasteiger partial charge in [-0.1, -0.05) is 65.3 Å². The van der Waals surface area contributed by atoms with Crippen molar-refractivity contribution in [2.45, 2.75) is 53.4 Å². The van der Waals surface area contributed by atoms with E-state index >= 15 is 0 Å². The zero-order chi connectivity index (χ0) is 14.3. The summed E-state index contributed by atoms with van der Waals surface area (Å²) in [5.74, 6) is 2.03. The monoisotopic (exact) mass is 261 g/mol. The van der Waals surface area contributed by atoms with Crippen LogP contribution in [0.15, 0.2) is 24.3 Å². The van der Waals surface area contributed by atoms with Gasteiger partial charge in [0, 0.05) is 0 Å². The summed E-state index contributed by atoms with van der Waals surface area (Å²) in [5.41, 5.74) is 2.97. The fraction of sp³-hybridized carbons (Fsp3) is 0.667. The molecule has 108 valence electrons. The van der Waals surface area contributed by atoms with Crippen molar-refractivity contribution in [2.24, 2.45) is 11.8 Å². The first-order valence-electron chi connectivity index (χ1n) is 7.84. The van der Waals surface area contributed by atoms with Crippen molar-refractivity contribution in [3.05, 3.63) is 35.4 Å². The molecule has 0 radical (unpaired) electrons. The van der Waals surface area contributed by atoms with E-state index in [1.54, 1.807) is 0 Å². The zero-order valence-corrected chi connectivity index (χ0v) is 13.4. The fourth-order valence-corrected chi connectivity index (χ4v) is 2.43. The van der Waals surface area contributed by atoms with Gasteiger partial charge in [0.1, 0.15) is 0 Å². The molecule has 1 nitrogen and oxygen atoms in total. The molecule has 0 bridgehead atoms. The summed E-state index contributed by atoms with van der Waals surface area (Å²) >= 11 is 0. The second-order valence-corrected chi connectivity index (χ2v) is 6.31. The van der Waals surface area contributed by atoms with Gasteiger partial charge in [0.15, 0.2) is 0 Å². The van der Waals surface area contributed by atoms with Gasteiger partial charge in [0.25, 0.3) is 0 Å². The third-order valence-electron chi connectivity index (χ3n) is 3.89. The molecule has 0 aliphatic rings. The van der Waals surface area contributed by atoms with Crippen molar-refractivity contribution < 1.29 is 0 Å². The molecule has 0 aliphatic carbocycles. The molecule has 0 fully saturated rings. The number of rotatable bonds is 8. The Morgan fingerprint density at radius 2 is 1.79 bits per heavy atom. The molecule has 2 unspecified atom stereocenters. The highest BCUT2D eigenvalue weighted by molar-refractivity contribution is 5.26. The van der Waals surface area contributed by atoms with Crippen molar-refractivity contribution in [3.8, 4) is 0 Å². The Bertz CT molecular complexity index is 356. The molecule has 19 heavy (non-hydrogen) atoms. The van der Waals surface area contributed by atoms with Crippen LogP contribution >= 0.6 is 0 Å². The first-order chi connectivity index (χ1) is 9.04. The van der Waals surface area contributed by atoms with E-state index in [4.69, 9.17) is 0 Å². The van der Waals surface area contributed by atoms with E-state index in [0.717, 1.165) is 19.0 Å². The first kappa shape index (κ1) is 16.2. The fourth-order valence-electron chi connectivity index (χ4n) is 2.43. The minimum Gasteiger partial charge on any atom is -0.316 e. The molecule has 1 N–H and O–H groups in total. The topological polar surface area (TPSA) is 12.0 Å². The van der Waals surface area contributed by atoms with Crippen LogP contribution in [0.2, 0.25) is 0 Å². The average molecular weight is 261 g/mol. The second kappa shape index (κ2) is 8.37. The molecule has 1 aromatic rings. The maximum absolute atomic E-state index is 3.58. The summed E-state index contributed by atoms with van der Waals surface area (Å²) in [5, 5.41) is 3.58. The van der Waals surface area contributed by atoms with Crippen LogP contribution in [0.4, 0.5) is 0 Å². The van der Waals surface area contributed by atoms with E-state index in [2.05, 4.69) is 64.2 Å². The average Bonchev–Trinajstić information content (AvgIpc) is 2.38. The third kappa shape index (κ3) is 5.78. The first-order valence-corrected chi connectivity index (χ1v) is 7.84. The molecule has 0 aliphatic heterocycles. The predicted octanol–water partition coefficient (Wildman–Crippen LogP) is 4.62. The maximum Gasteiger partial charge on any atom is -0.00173 e. The van der Waals surface area contributed by atoms with Gasteiger partial charge in [0.2, 0.25) is 0 Å². The van der Waals surface area contributed by atoms with Gasteiger partial charge in [-0.15, -0.1) is 0 Å². The van der Waals surface area contributed by atoms with E-state index in [-0.39, 0.29) is 0 Å². The van der Waals surface area contributed by atoms with Crippen LogP contribution in [0.5, 0.6) is 0 Å². The van der Waals surface area contributed by atoms with Crippen LogP contribution < -0.4 is 5.32 Å². The molecule has 1 rings (SSSR count). The highest BCUT2D eigenvalue weighted by Gasteiger charge is 2.14. The normalized spacial score (nSPS) is 14.6. The molecular weight excluding hydrogens is 230 g/mol. The molecular formula is C18H31N. The van der Waals surface area contributed by atoms with E-state index in [1.165, 1.54) is 24.0 Å². The van der Waals surface area contributed by atoms with Crippen molar-refractivity contribution in [1.82, 2.24) is 5.32 Å². The molecule has 0 saturated carbocycles. The number of aryl methyl sites for hydroxylation is 1. The summed E-state index contributed by atoms with van der Waals surface area (Å²) < 4.78 is 0. The predicted molar refractivity (Wildman–Crippen MR) is 85.7 cm³/mol. The minimum absolute atomic E-state index is 0.622. The SMILES string of the molecule is CCCc1cccc(C(C)C(C)CNCC(C)C)c1. The summed E-state index contributed by atoms with van der Waals surface area (Å²) in [4.78, 5) is 0. The van der Waals surface area contributed by atoms with Gasteiger partial charge in [-0.3, -0.25) is 0 Å². The Labute approximate surface area is 119 Å². The molecule has 0 amide bonds. The largest absolute Gasteiger partial charge is 0.316 e. The van der Waals surface area contributed by atoms with Crippen molar-refractivity contribution >= 4 is 0 Å². The lowest BCUT2D eigenvalue weighted by atomic mass is 9.87. The smallest absolute Gasteiger partial charge is 0.00173 e. The van der Waals surface area contributed by atoms with Gasteiger partial charge in [-0.05, 0) is 48.4 Å². The Morgan fingerprint density at radius 1 is 1.05 bits per heavy atom. The van der Waals surface area contributed by atoms with E-state index < -0.39 is 0 Å². The van der Waals surface area contributed by atoms with Crippen LogP contribution in [0.1, 0.15) is 58.1 Å². The lowest BCUT2D eigenvalue weighted by molar-refractivity contribution is 0.428. The molecule has 0 saturated heterocycles. The standard InChI is InChI=1S/C18H31N/c1-6-8-17-9-7-10-18(11-17)16(5)15(4)13-19-12-14(2)3/h7,9-11,14-16,19H,6,8,12-13H2,1-5H3. The number of nitrogens with one attached hydrogen (secondary N) is 1. The van der Waals surface area contributed by atoms with Crippen LogP contribution in [-0.2, 0) is 6.42 Å². The summed E-state index contributed by atoms with van der Waals surface area (Å²) in [7, 11) is 0. The highest BCUT2D eigenvalue weighted by atomic mass is 14.9. The number of hydrogen-bond donors (Lipinski definition) is 1. The molecule has 0 spiro atoms. The van der Waals surface area contributed by atoms with Crippen LogP contribution in [-0.4, -0.2) is 13.1 Å². The molecule has 0 aromatic heterocycles. The maximum atomic E-state index is 3.58. The quantitative estimate of drug-likeness (QED) is 0.719. The highest BCUT2D eigenvalue weighted by Crippen LogP contribution is 2.24. The Kier molecular flexibility index (Phi) is 7.15. The third-order valence-corrected chi connectivity index (χ3v) is 3.89. The lowest BCUT2D eigenvalue weighted by Crippen LogP contribution is -2.27. The molecule has 1 aromatic carbocycles. The van der Waals surface area contributed by atoms with Crippen LogP contribution in [0.3, 0.4) is 0 Å². The van der Waals surface area contributed by atoms with E-state index in [1.807, 2.05) is 0 Å². The molecule has 0 heterocycles. The van der Waals surface area contributed by atoms with E-state index in [9.17, 15) is 0 Å². The van der Waals surface area contributed by atoms with Gasteiger partial charge >= 0.3 is 0 Å². The van der Waals surface area contributed by atoms with Gasteiger partial charge in [-0.2, -0.15) is 0 Å². The van der Waals surface area contributed by atoms with Gasteiger partial charge in [0.05, 0.1) is 0 Å². The van der Waals surface area contributed by atoms with E-state index in [0.29, 0.717) is 11.8 Å². The Hall–Kier alpha value is -0.820. The Balaban J connectivity index is 2.55. The number of hydrogen-bond acceptors (Lipinski definition) is 1. The van der Waals surface area contributed by atoms with Gasteiger partial charge < -0.3 is 5.32 Å². The number of benzene rings is 1. The minimum atomic E-state index is 0.622. The summed E-state index contributed by atoms with van der Waals surface area (Å²) in [6, 6.07) is 9.14. The molecule has 2 atom stereocenters. The lowest BCUT2D eigenvalue weighted by Gasteiger charge is -2.22. The summed E-state index contributed by atoms with van der Waals surface area (Å²) in [6.45, 7) is 13.7. The molecule has 1 heteroatoms. The van der Waals surface area contributed by atoms with Crippen molar-refractivity contribution in [2.75, 3.05) is 13.1 Å². The van der Waals surface area contributed by atoms with Crippen molar-refractivity contribution in [3.63, 3.8) is 0 Å². The van der Waals surface area contributed by atoms with Gasteiger partial charge in [-0.25, -0.2) is 0 Å². The zero-order valence-electron chi connectivity index (χ0n) is 13.4. The van der Waals surface area contributed by atoms with Crippen LogP contribution in [0, 0.1) is 11.8 Å². The Morgan fingerprint density at radius 3 is 2.42 bits per heavy atom. The summed E-state index contributed by atoms with van der Waals surface area (Å²) in [6.07, 6.45) is 2.42. The van der Waals surface area contributed by atoms with Crippen molar-refractivity contribution in [1.29, 1.82) is 0 Å².